The van der Waals surface area contributed by atoms with Crippen LogP contribution < -0.4 is 4.74 Å². The van der Waals surface area contributed by atoms with Crippen molar-refractivity contribution in [1.82, 2.24) is 0 Å². The molecule has 2 rings (SSSR count). The highest BCUT2D eigenvalue weighted by Gasteiger charge is 2.13. The highest BCUT2D eigenvalue weighted by atomic mass is 79.9. The molecule has 0 bridgehead atoms. The maximum atomic E-state index is 11.5. The van der Waals surface area contributed by atoms with Gasteiger partial charge in [-0.3, -0.25) is 0 Å². The zero-order valence-corrected chi connectivity index (χ0v) is 17.3. The van der Waals surface area contributed by atoms with E-state index in [9.17, 15) is 4.79 Å². The highest BCUT2D eigenvalue weighted by Crippen LogP contribution is 2.26. The number of ether oxygens (including phenoxy) is 2. The molecule has 0 saturated heterocycles. The Morgan fingerprint density at radius 3 is 2.42 bits per heavy atom. The molecule has 0 aliphatic rings. The van der Waals surface area contributed by atoms with Crippen LogP contribution >= 0.6 is 15.9 Å². The number of halogens is 1. The van der Waals surface area contributed by atoms with Gasteiger partial charge in [0.05, 0.1) is 6.61 Å². The van der Waals surface area contributed by atoms with Crippen molar-refractivity contribution in [3.05, 3.63) is 69.7 Å². The third-order valence-corrected chi connectivity index (χ3v) is 4.36. The molecule has 0 heterocycles. The van der Waals surface area contributed by atoms with E-state index >= 15 is 0 Å². The van der Waals surface area contributed by atoms with Crippen LogP contribution in [-0.2, 0) is 21.6 Å². The topological polar surface area (TPSA) is 35.5 Å². The summed E-state index contributed by atoms with van der Waals surface area (Å²) in [5.41, 5.74) is 3.35. The Bertz CT molecular complexity index is 771. The van der Waals surface area contributed by atoms with E-state index in [1.165, 1.54) is 11.6 Å². The Labute approximate surface area is 164 Å². The zero-order valence-electron chi connectivity index (χ0n) is 15.7. The van der Waals surface area contributed by atoms with Crippen LogP contribution in [-0.4, -0.2) is 12.6 Å². The fourth-order valence-electron chi connectivity index (χ4n) is 2.39. The van der Waals surface area contributed by atoms with Crippen LogP contribution in [0.3, 0.4) is 0 Å². The van der Waals surface area contributed by atoms with Gasteiger partial charge in [0.25, 0.3) is 0 Å². The lowest BCUT2D eigenvalue weighted by Crippen LogP contribution is -2.10. The van der Waals surface area contributed by atoms with Crippen LogP contribution in [0.25, 0.3) is 6.08 Å². The predicted molar refractivity (Wildman–Crippen MR) is 109 cm³/mol. The largest absolute Gasteiger partial charge is 0.488 e. The molecule has 0 fully saturated rings. The number of rotatable bonds is 6. The molecular formula is C22H25BrO3. The van der Waals surface area contributed by atoms with Gasteiger partial charge in [0.15, 0.2) is 0 Å². The van der Waals surface area contributed by atoms with E-state index < -0.39 is 0 Å². The molecule has 3 nitrogen and oxygen atoms in total. The maximum absolute atomic E-state index is 11.5. The number of hydrogen-bond acceptors (Lipinski definition) is 3. The van der Waals surface area contributed by atoms with Crippen LogP contribution in [0.5, 0.6) is 5.75 Å². The van der Waals surface area contributed by atoms with Crippen molar-refractivity contribution >= 4 is 28.0 Å². The van der Waals surface area contributed by atoms with Gasteiger partial charge in [-0.05, 0) is 47.7 Å². The summed E-state index contributed by atoms with van der Waals surface area (Å²) in [6.45, 7) is 9.19. The molecule has 2 aromatic rings. The molecule has 0 saturated carbocycles. The van der Waals surface area contributed by atoms with Crippen molar-refractivity contribution in [3.8, 4) is 5.75 Å². The summed E-state index contributed by atoms with van der Waals surface area (Å²) < 4.78 is 11.8. The smallest absolute Gasteiger partial charge is 0.330 e. The second kappa shape index (κ2) is 9.04. The minimum Gasteiger partial charge on any atom is -0.488 e. The lowest BCUT2D eigenvalue weighted by Gasteiger charge is -2.19. The maximum Gasteiger partial charge on any atom is 0.330 e. The van der Waals surface area contributed by atoms with Crippen molar-refractivity contribution in [2.45, 2.75) is 39.7 Å². The van der Waals surface area contributed by atoms with Gasteiger partial charge in [0.1, 0.15) is 12.4 Å². The summed E-state index contributed by atoms with van der Waals surface area (Å²) in [6.07, 6.45) is 3.12. The van der Waals surface area contributed by atoms with E-state index in [0.717, 1.165) is 15.6 Å². The lowest BCUT2D eigenvalue weighted by molar-refractivity contribution is -0.137. The molecule has 0 N–H and O–H groups in total. The first kappa shape index (κ1) is 20.2. The van der Waals surface area contributed by atoms with E-state index in [2.05, 4.69) is 61.0 Å². The molecule has 2 aromatic carbocycles. The number of esters is 1. The predicted octanol–water partition coefficient (Wildman–Crippen LogP) is 5.90. The van der Waals surface area contributed by atoms with Gasteiger partial charge < -0.3 is 9.47 Å². The normalized spacial score (nSPS) is 11.6. The van der Waals surface area contributed by atoms with E-state index in [0.29, 0.717) is 19.0 Å². The monoisotopic (exact) mass is 416 g/mol. The highest BCUT2D eigenvalue weighted by molar-refractivity contribution is 9.10. The summed E-state index contributed by atoms with van der Waals surface area (Å²) in [6, 6.07) is 14.2. The summed E-state index contributed by atoms with van der Waals surface area (Å²) >= 11 is 3.45. The summed E-state index contributed by atoms with van der Waals surface area (Å²) in [5.74, 6) is 0.352. The molecular weight excluding hydrogens is 392 g/mol. The van der Waals surface area contributed by atoms with E-state index in [1.54, 1.807) is 13.0 Å². The van der Waals surface area contributed by atoms with Crippen LogP contribution in [0.2, 0.25) is 0 Å². The van der Waals surface area contributed by atoms with Crippen molar-refractivity contribution in [1.29, 1.82) is 0 Å². The zero-order chi connectivity index (χ0) is 19.2. The van der Waals surface area contributed by atoms with Crippen LogP contribution in [0.1, 0.15) is 44.4 Å². The second-order valence-corrected chi connectivity index (χ2v) is 7.92. The van der Waals surface area contributed by atoms with Gasteiger partial charge in [-0.2, -0.15) is 0 Å². The van der Waals surface area contributed by atoms with Crippen molar-refractivity contribution in [2.75, 3.05) is 6.61 Å². The van der Waals surface area contributed by atoms with Gasteiger partial charge >= 0.3 is 5.97 Å². The molecule has 0 atom stereocenters. The van der Waals surface area contributed by atoms with Crippen molar-refractivity contribution in [2.24, 2.45) is 0 Å². The first-order chi connectivity index (χ1) is 12.3. The first-order valence-corrected chi connectivity index (χ1v) is 9.45. The minimum atomic E-state index is -0.365. The standard InChI is InChI=1S/C22H25BrO3/c1-5-25-21(24)13-8-17-14-19(23)11-12-20(17)26-15-16-6-9-18(10-7-16)22(2,3)4/h6-14H,5,15H2,1-4H3/b13-8+. The Morgan fingerprint density at radius 1 is 1.12 bits per heavy atom. The average Bonchev–Trinajstić information content (AvgIpc) is 2.59. The van der Waals surface area contributed by atoms with Gasteiger partial charge in [0.2, 0.25) is 0 Å². The van der Waals surface area contributed by atoms with Gasteiger partial charge in [0, 0.05) is 16.1 Å². The average molecular weight is 417 g/mol. The summed E-state index contributed by atoms with van der Waals surface area (Å²) in [5, 5.41) is 0. The number of carbonyl (C=O) groups excluding carboxylic acids is 1. The van der Waals surface area contributed by atoms with Crippen molar-refractivity contribution in [3.63, 3.8) is 0 Å². The molecule has 0 aliphatic heterocycles. The van der Waals surface area contributed by atoms with Crippen LogP contribution in [0.15, 0.2) is 53.0 Å². The Hall–Kier alpha value is -2.07. The van der Waals surface area contributed by atoms with Crippen LogP contribution in [0, 0.1) is 0 Å². The van der Waals surface area contributed by atoms with Gasteiger partial charge in [-0.25, -0.2) is 4.79 Å². The molecule has 0 aliphatic carbocycles. The summed E-state index contributed by atoms with van der Waals surface area (Å²) in [7, 11) is 0. The fourth-order valence-corrected chi connectivity index (χ4v) is 2.77. The molecule has 4 heteroatoms. The molecule has 0 amide bonds. The van der Waals surface area contributed by atoms with E-state index in [1.807, 2.05) is 18.2 Å². The molecule has 138 valence electrons. The van der Waals surface area contributed by atoms with Gasteiger partial charge in [-0.1, -0.05) is 61.0 Å². The molecule has 0 spiro atoms. The quantitative estimate of drug-likeness (QED) is 0.434. The molecule has 0 radical (unpaired) electrons. The minimum absolute atomic E-state index is 0.135. The number of benzene rings is 2. The van der Waals surface area contributed by atoms with Crippen LogP contribution in [0.4, 0.5) is 0 Å². The molecule has 0 unspecified atom stereocenters. The van der Waals surface area contributed by atoms with Crippen molar-refractivity contribution < 1.29 is 14.3 Å². The summed E-state index contributed by atoms with van der Waals surface area (Å²) in [4.78, 5) is 11.5. The third kappa shape index (κ3) is 6.03. The molecule has 0 aromatic heterocycles. The Balaban J connectivity index is 2.10. The second-order valence-electron chi connectivity index (χ2n) is 7.00. The molecule has 26 heavy (non-hydrogen) atoms. The third-order valence-electron chi connectivity index (χ3n) is 3.87. The van der Waals surface area contributed by atoms with E-state index in [-0.39, 0.29) is 11.4 Å². The number of carbonyl (C=O) groups is 1. The Kier molecular flexibility index (Phi) is 7.04. The Morgan fingerprint density at radius 2 is 1.81 bits per heavy atom. The fraction of sp³-hybridized carbons (Fsp3) is 0.318. The van der Waals surface area contributed by atoms with Gasteiger partial charge in [-0.15, -0.1) is 0 Å². The van der Waals surface area contributed by atoms with E-state index in [4.69, 9.17) is 9.47 Å². The first-order valence-electron chi connectivity index (χ1n) is 8.66. The lowest BCUT2D eigenvalue weighted by atomic mass is 9.87. The number of hydrogen-bond donors (Lipinski definition) is 0. The SMILES string of the molecule is CCOC(=O)/C=C/c1cc(Br)ccc1OCc1ccc(C(C)(C)C)cc1.